The Morgan fingerprint density at radius 2 is 1.10 bits per heavy atom. The first-order chi connectivity index (χ1) is 9.25. The van der Waals surface area contributed by atoms with Gasteiger partial charge in [-0.1, -0.05) is 69.6 Å². The Morgan fingerprint density at radius 3 is 1.70 bits per heavy atom. The Balaban J connectivity index is 2.83. The zero-order valence-corrected chi connectivity index (χ0v) is 13.9. The molecule has 0 saturated carbocycles. The minimum atomic E-state index is -0.345. The monoisotopic (exact) mass is 390 g/mol. The molecule has 0 fully saturated rings. The van der Waals surface area contributed by atoms with Gasteiger partial charge in [0.1, 0.15) is 15.8 Å². The van der Waals surface area contributed by atoms with E-state index in [0.29, 0.717) is 5.56 Å². The summed E-state index contributed by atoms with van der Waals surface area (Å²) in [4.78, 5) is 0. The Hall–Kier alpha value is -0.220. The lowest BCUT2D eigenvalue weighted by molar-refractivity contribution is 0.476. The van der Waals surface area contributed by atoms with E-state index in [1.54, 1.807) is 0 Å². The van der Waals surface area contributed by atoms with Crippen molar-refractivity contribution < 1.29 is 10.2 Å². The van der Waals surface area contributed by atoms with Crippen molar-refractivity contribution in [2.75, 3.05) is 0 Å². The van der Waals surface area contributed by atoms with Crippen molar-refractivity contribution >= 4 is 69.6 Å². The van der Waals surface area contributed by atoms with E-state index in [9.17, 15) is 10.2 Å². The Bertz CT molecular complexity index is 653. The molecule has 0 aromatic heterocycles. The lowest BCUT2D eigenvalue weighted by Crippen LogP contribution is -1.87. The van der Waals surface area contributed by atoms with Crippen LogP contribution >= 0.6 is 69.6 Å². The summed E-state index contributed by atoms with van der Waals surface area (Å²) in [5.41, 5.74) is 0.589. The summed E-state index contributed by atoms with van der Waals surface area (Å²) in [5.74, 6) is -0.616. The van der Waals surface area contributed by atoms with Gasteiger partial charge in [0.05, 0.1) is 20.1 Å². The van der Waals surface area contributed by atoms with Crippen molar-refractivity contribution in [2.24, 2.45) is 0 Å². The quantitative estimate of drug-likeness (QED) is 0.419. The standard InChI is InChI=1S/C12H4Cl6O2/c13-5-1-3(8(15)11(18)12(5)20)4-2-6(19)9(16)10(17)7(4)14/h1-2,19-20H. The molecular weight excluding hydrogens is 389 g/mol. The number of aromatic hydroxyl groups is 2. The van der Waals surface area contributed by atoms with E-state index >= 15 is 0 Å². The zero-order valence-electron chi connectivity index (χ0n) is 9.32. The molecule has 0 radical (unpaired) electrons. The number of phenolic OH excluding ortho intramolecular Hbond substituents is 2. The molecule has 2 N–H and O–H groups in total. The van der Waals surface area contributed by atoms with Crippen molar-refractivity contribution in [3.63, 3.8) is 0 Å². The summed E-state index contributed by atoms with van der Waals surface area (Å²) in [6, 6.07) is 2.64. The first kappa shape index (κ1) is 16.2. The van der Waals surface area contributed by atoms with Gasteiger partial charge >= 0.3 is 0 Å². The molecule has 0 atom stereocenters. The van der Waals surface area contributed by atoms with Crippen LogP contribution in [-0.2, 0) is 0 Å². The molecule has 0 aliphatic heterocycles. The summed E-state index contributed by atoms with van der Waals surface area (Å²) in [7, 11) is 0. The van der Waals surface area contributed by atoms with Gasteiger partial charge in [0, 0.05) is 11.1 Å². The highest BCUT2D eigenvalue weighted by atomic mass is 35.5. The molecule has 0 amide bonds. The molecule has 2 aromatic carbocycles. The highest BCUT2D eigenvalue weighted by Gasteiger charge is 2.20. The van der Waals surface area contributed by atoms with Crippen LogP contribution in [0, 0.1) is 0 Å². The maximum absolute atomic E-state index is 9.72. The van der Waals surface area contributed by atoms with Crippen LogP contribution in [0.2, 0.25) is 30.1 Å². The maximum Gasteiger partial charge on any atom is 0.154 e. The van der Waals surface area contributed by atoms with Crippen LogP contribution in [0.5, 0.6) is 11.5 Å². The first-order valence-electron chi connectivity index (χ1n) is 4.99. The Kier molecular flexibility index (Phi) is 4.75. The average Bonchev–Trinajstić information content (AvgIpc) is 2.42. The summed E-state index contributed by atoms with van der Waals surface area (Å²) in [6.45, 7) is 0. The largest absolute Gasteiger partial charge is 0.506 e. The molecule has 0 bridgehead atoms. The van der Waals surface area contributed by atoms with Gasteiger partial charge < -0.3 is 10.2 Å². The minimum Gasteiger partial charge on any atom is -0.506 e. The molecule has 0 heterocycles. The zero-order chi connectivity index (χ0) is 15.2. The Labute approximate surface area is 144 Å². The normalized spacial score (nSPS) is 10.9. The highest BCUT2D eigenvalue weighted by molar-refractivity contribution is 6.51. The van der Waals surface area contributed by atoms with Gasteiger partial charge in [0.2, 0.25) is 0 Å². The third kappa shape index (κ3) is 2.61. The fraction of sp³-hybridized carbons (Fsp3) is 0. The molecule has 2 rings (SSSR count). The number of rotatable bonds is 1. The second kappa shape index (κ2) is 5.88. The molecular formula is C12H4Cl6O2. The lowest BCUT2D eigenvalue weighted by atomic mass is 10.0. The summed E-state index contributed by atoms with van der Waals surface area (Å²) in [5, 5.41) is 19.2. The van der Waals surface area contributed by atoms with Gasteiger partial charge in [-0.3, -0.25) is 0 Å². The molecule has 0 aliphatic rings. The van der Waals surface area contributed by atoms with Crippen LogP contribution in [0.4, 0.5) is 0 Å². The van der Waals surface area contributed by atoms with Crippen LogP contribution in [-0.4, -0.2) is 10.2 Å². The lowest BCUT2D eigenvalue weighted by Gasteiger charge is -2.13. The number of halogens is 6. The molecule has 20 heavy (non-hydrogen) atoms. The van der Waals surface area contributed by atoms with Gasteiger partial charge in [0.15, 0.2) is 5.75 Å². The smallest absolute Gasteiger partial charge is 0.154 e. The van der Waals surface area contributed by atoms with Gasteiger partial charge in [-0.15, -0.1) is 0 Å². The predicted molar refractivity (Wildman–Crippen MR) is 85.3 cm³/mol. The third-order valence-electron chi connectivity index (χ3n) is 2.55. The van der Waals surface area contributed by atoms with Crippen LogP contribution in [0.25, 0.3) is 11.1 Å². The number of hydrogen-bond donors (Lipinski definition) is 2. The van der Waals surface area contributed by atoms with E-state index < -0.39 is 0 Å². The summed E-state index contributed by atoms with van der Waals surface area (Å²) < 4.78 is 0. The minimum absolute atomic E-state index is 0.0176. The van der Waals surface area contributed by atoms with Crippen LogP contribution < -0.4 is 0 Å². The van der Waals surface area contributed by atoms with Crippen LogP contribution in [0.15, 0.2) is 12.1 Å². The number of phenols is 2. The molecule has 8 heteroatoms. The number of benzene rings is 2. The molecule has 106 valence electrons. The second-order valence-corrected chi connectivity index (χ2v) is 6.06. The van der Waals surface area contributed by atoms with Crippen molar-refractivity contribution in [1.29, 1.82) is 0 Å². The van der Waals surface area contributed by atoms with Crippen molar-refractivity contribution in [3.8, 4) is 22.6 Å². The Morgan fingerprint density at radius 1 is 0.600 bits per heavy atom. The topological polar surface area (TPSA) is 40.5 Å². The molecule has 0 spiro atoms. The summed E-state index contributed by atoms with van der Waals surface area (Å²) >= 11 is 35.6. The van der Waals surface area contributed by atoms with E-state index in [4.69, 9.17) is 69.6 Å². The van der Waals surface area contributed by atoms with Crippen LogP contribution in [0.3, 0.4) is 0 Å². The third-order valence-corrected chi connectivity index (χ3v) is 5.04. The van der Waals surface area contributed by atoms with E-state index in [-0.39, 0.29) is 47.2 Å². The molecule has 0 aliphatic carbocycles. The van der Waals surface area contributed by atoms with Crippen molar-refractivity contribution in [1.82, 2.24) is 0 Å². The highest BCUT2D eigenvalue weighted by Crippen LogP contribution is 2.49. The van der Waals surface area contributed by atoms with Gasteiger partial charge in [-0.2, -0.15) is 0 Å². The van der Waals surface area contributed by atoms with Crippen LogP contribution in [0.1, 0.15) is 0 Å². The fourth-order valence-electron chi connectivity index (χ4n) is 1.57. The molecule has 2 aromatic rings. The summed E-state index contributed by atoms with van der Waals surface area (Å²) in [6.07, 6.45) is 0. The van der Waals surface area contributed by atoms with Gasteiger partial charge in [-0.05, 0) is 12.1 Å². The van der Waals surface area contributed by atoms with Crippen molar-refractivity contribution in [3.05, 3.63) is 42.3 Å². The second-order valence-electron chi connectivity index (χ2n) is 3.77. The molecule has 2 nitrogen and oxygen atoms in total. The van der Waals surface area contributed by atoms with E-state index in [0.717, 1.165) is 0 Å². The predicted octanol–water partition coefficient (Wildman–Crippen LogP) is 6.69. The van der Waals surface area contributed by atoms with E-state index in [1.807, 2.05) is 0 Å². The van der Waals surface area contributed by atoms with Crippen molar-refractivity contribution in [2.45, 2.75) is 0 Å². The number of hydrogen-bond acceptors (Lipinski definition) is 2. The molecule has 0 unspecified atom stereocenters. The average molecular weight is 393 g/mol. The first-order valence-corrected chi connectivity index (χ1v) is 7.25. The van der Waals surface area contributed by atoms with E-state index in [2.05, 4.69) is 0 Å². The van der Waals surface area contributed by atoms with Gasteiger partial charge in [0.25, 0.3) is 0 Å². The SMILES string of the molecule is Oc1cc(-c2cc(Cl)c(O)c(Cl)c2Cl)c(Cl)c(Cl)c1Cl. The fourth-order valence-corrected chi connectivity index (χ4v) is 2.92. The van der Waals surface area contributed by atoms with E-state index in [1.165, 1.54) is 12.1 Å². The molecule has 0 saturated heterocycles. The van der Waals surface area contributed by atoms with Gasteiger partial charge in [-0.25, -0.2) is 0 Å². The maximum atomic E-state index is 9.72.